The SMILES string of the molecule is CC(C)N(CC(F)(F)F)C(=O)c1nc(NN)ccc1Cl. The molecule has 0 spiro atoms. The quantitative estimate of drug-likeness (QED) is 0.662. The molecular formula is C11H14ClF3N4O. The first-order valence-corrected chi connectivity index (χ1v) is 6.04. The first kappa shape index (κ1) is 16.5. The number of nitrogen functional groups attached to an aromatic ring is 1. The van der Waals surface area contributed by atoms with Gasteiger partial charge in [-0.3, -0.25) is 4.79 Å². The normalized spacial score (nSPS) is 11.6. The van der Waals surface area contributed by atoms with Crippen LogP contribution in [0.25, 0.3) is 0 Å². The Kier molecular flexibility index (Phi) is 5.18. The highest BCUT2D eigenvalue weighted by Crippen LogP contribution is 2.23. The summed E-state index contributed by atoms with van der Waals surface area (Å²) >= 11 is 5.81. The number of rotatable bonds is 4. The number of halogens is 4. The summed E-state index contributed by atoms with van der Waals surface area (Å²) in [6.45, 7) is 1.58. The average Bonchev–Trinajstić information content (AvgIpc) is 2.34. The Bertz CT molecular complexity index is 493. The van der Waals surface area contributed by atoms with Gasteiger partial charge in [0.25, 0.3) is 5.91 Å². The lowest BCUT2D eigenvalue weighted by atomic mass is 10.2. The molecule has 1 rings (SSSR count). The van der Waals surface area contributed by atoms with Gasteiger partial charge in [-0.05, 0) is 26.0 Å². The van der Waals surface area contributed by atoms with E-state index < -0.39 is 24.7 Å². The summed E-state index contributed by atoms with van der Waals surface area (Å²) in [6, 6.07) is 2.09. The van der Waals surface area contributed by atoms with Gasteiger partial charge in [0.05, 0.1) is 5.02 Å². The van der Waals surface area contributed by atoms with Crippen molar-refractivity contribution < 1.29 is 18.0 Å². The lowest BCUT2D eigenvalue weighted by Crippen LogP contribution is -2.43. The fourth-order valence-electron chi connectivity index (χ4n) is 1.49. The van der Waals surface area contributed by atoms with Gasteiger partial charge >= 0.3 is 6.18 Å². The van der Waals surface area contributed by atoms with E-state index >= 15 is 0 Å². The van der Waals surface area contributed by atoms with Gasteiger partial charge in [0.1, 0.15) is 18.1 Å². The van der Waals surface area contributed by atoms with Gasteiger partial charge in [-0.2, -0.15) is 13.2 Å². The molecule has 0 unspecified atom stereocenters. The standard InChI is InChI=1S/C11H14ClF3N4O/c1-6(2)19(5-11(13,14)15)10(20)9-7(12)3-4-8(17-9)18-16/h3-4,6H,5,16H2,1-2H3,(H,17,18). The molecule has 1 aromatic rings. The second-order valence-corrected chi connectivity index (χ2v) is 4.72. The Hall–Kier alpha value is -1.54. The number of alkyl halides is 3. The molecule has 3 N–H and O–H groups in total. The lowest BCUT2D eigenvalue weighted by Gasteiger charge is -2.27. The third-order valence-electron chi connectivity index (χ3n) is 2.43. The van der Waals surface area contributed by atoms with Gasteiger partial charge in [0.15, 0.2) is 0 Å². The molecule has 0 saturated heterocycles. The van der Waals surface area contributed by atoms with Crippen molar-refractivity contribution in [2.75, 3.05) is 12.0 Å². The summed E-state index contributed by atoms with van der Waals surface area (Å²) in [6.07, 6.45) is -4.50. The van der Waals surface area contributed by atoms with E-state index in [2.05, 4.69) is 10.4 Å². The van der Waals surface area contributed by atoms with Gasteiger partial charge in [-0.1, -0.05) is 11.6 Å². The number of pyridine rings is 1. The Balaban J connectivity index is 3.12. The number of hydrogen-bond acceptors (Lipinski definition) is 4. The highest BCUT2D eigenvalue weighted by Gasteiger charge is 2.35. The molecule has 0 aliphatic rings. The number of anilines is 1. The number of nitrogens with zero attached hydrogens (tertiary/aromatic N) is 2. The van der Waals surface area contributed by atoms with Crippen LogP contribution in [0.4, 0.5) is 19.0 Å². The molecule has 0 aliphatic carbocycles. The molecule has 0 aliphatic heterocycles. The number of carbonyl (C=O) groups is 1. The minimum Gasteiger partial charge on any atom is -0.326 e. The summed E-state index contributed by atoms with van der Waals surface area (Å²) in [5, 5.41) is -0.0400. The average molecular weight is 311 g/mol. The molecule has 1 aromatic heterocycles. The van der Waals surface area contributed by atoms with E-state index in [4.69, 9.17) is 17.4 Å². The topological polar surface area (TPSA) is 71.2 Å². The highest BCUT2D eigenvalue weighted by molar-refractivity contribution is 6.33. The van der Waals surface area contributed by atoms with Crippen LogP contribution < -0.4 is 11.3 Å². The van der Waals surface area contributed by atoms with Crippen LogP contribution in [0.5, 0.6) is 0 Å². The largest absolute Gasteiger partial charge is 0.406 e. The van der Waals surface area contributed by atoms with E-state index in [1.807, 2.05) is 0 Å². The third kappa shape index (κ3) is 4.24. The molecule has 0 fully saturated rings. The van der Waals surface area contributed by atoms with Gasteiger partial charge in [0.2, 0.25) is 0 Å². The van der Waals surface area contributed by atoms with Crippen molar-refractivity contribution in [2.45, 2.75) is 26.1 Å². The van der Waals surface area contributed by atoms with E-state index in [1.54, 1.807) is 0 Å². The number of nitrogens with two attached hydrogens (primary N) is 1. The van der Waals surface area contributed by atoms with Gasteiger partial charge in [-0.25, -0.2) is 10.8 Å². The number of hydrogen-bond donors (Lipinski definition) is 2. The van der Waals surface area contributed by atoms with Crippen molar-refractivity contribution in [3.05, 3.63) is 22.8 Å². The minimum absolute atomic E-state index is 0.0400. The smallest absolute Gasteiger partial charge is 0.326 e. The van der Waals surface area contributed by atoms with Crippen LogP contribution >= 0.6 is 11.6 Å². The van der Waals surface area contributed by atoms with Crippen LogP contribution in [-0.4, -0.2) is 34.6 Å². The van der Waals surface area contributed by atoms with Crippen molar-refractivity contribution in [1.82, 2.24) is 9.88 Å². The van der Waals surface area contributed by atoms with Gasteiger partial charge < -0.3 is 10.3 Å². The maximum absolute atomic E-state index is 12.5. The maximum Gasteiger partial charge on any atom is 0.406 e. The van der Waals surface area contributed by atoms with Crippen LogP contribution in [0.2, 0.25) is 5.02 Å². The van der Waals surface area contributed by atoms with Crippen molar-refractivity contribution in [3.8, 4) is 0 Å². The zero-order valence-corrected chi connectivity index (χ0v) is 11.6. The summed E-state index contributed by atoms with van der Waals surface area (Å²) in [5.41, 5.74) is 1.93. The summed E-state index contributed by atoms with van der Waals surface area (Å²) < 4.78 is 37.5. The second kappa shape index (κ2) is 6.27. The van der Waals surface area contributed by atoms with Crippen LogP contribution in [0.1, 0.15) is 24.3 Å². The maximum atomic E-state index is 12.5. The predicted molar refractivity (Wildman–Crippen MR) is 69.3 cm³/mol. The molecular weight excluding hydrogens is 297 g/mol. The lowest BCUT2D eigenvalue weighted by molar-refractivity contribution is -0.143. The van der Waals surface area contributed by atoms with E-state index in [0.29, 0.717) is 4.90 Å². The summed E-state index contributed by atoms with van der Waals surface area (Å²) in [5.74, 6) is 4.38. The fourth-order valence-corrected chi connectivity index (χ4v) is 1.68. The van der Waals surface area contributed by atoms with Crippen LogP contribution in [0, 0.1) is 0 Å². The number of aromatic nitrogens is 1. The van der Waals surface area contributed by atoms with Gasteiger partial charge in [-0.15, -0.1) is 0 Å². The number of nitrogens with one attached hydrogen (secondary N) is 1. The van der Waals surface area contributed by atoms with E-state index in [9.17, 15) is 18.0 Å². The number of amides is 1. The Morgan fingerprint density at radius 3 is 2.55 bits per heavy atom. The Morgan fingerprint density at radius 2 is 2.10 bits per heavy atom. The molecule has 0 saturated carbocycles. The molecule has 112 valence electrons. The summed E-state index contributed by atoms with van der Waals surface area (Å²) in [7, 11) is 0. The Morgan fingerprint density at radius 1 is 1.50 bits per heavy atom. The first-order valence-electron chi connectivity index (χ1n) is 5.66. The number of carbonyl (C=O) groups excluding carboxylic acids is 1. The molecule has 9 heteroatoms. The van der Waals surface area contributed by atoms with E-state index in [-0.39, 0.29) is 16.5 Å². The zero-order valence-electron chi connectivity index (χ0n) is 10.8. The molecule has 5 nitrogen and oxygen atoms in total. The highest BCUT2D eigenvalue weighted by atomic mass is 35.5. The zero-order chi connectivity index (χ0) is 15.5. The molecule has 0 aromatic carbocycles. The number of hydrazine groups is 1. The molecule has 0 atom stereocenters. The van der Waals surface area contributed by atoms with Crippen LogP contribution in [0.3, 0.4) is 0 Å². The van der Waals surface area contributed by atoms with Crippen molar-refractivity contribution >= 4 is 23.3 Å². The first-order chi connectivity index (χ1) is 9.15. The minimum atomic E-state index is -4.50. The second-order valence-electron chi connectivity index (χ2n) is 4.31. The van der Waals surface area contributed by atoms with Crippen molar-refractivity contribution in [1.29, 1.82) is 0 Å². The Labute approximate surface area is 118 Å². The van der Waals surface area contributed by atoms with E-state index in [0.717, 1.165) is 0 Å². The molecule has 0 radical (unpaired) electrons. The molecule has 1 amide bonds. The monoisotopic (exact) mass is 310 g/mol. The van der Waals surface area contributed by atoms with Crippen LogP contribution in [-0.2, 0) is 0 Å². The van der Waals surface area contributed by atoms with Crippen molar-refractivity contribution in [2.24, 2.45) is 5.84 Å². The van der Waals surface area contributed by atoms with Gasteiger partial charge in [0, 0.05) is 6.04 Å². The van der Waals surface area contributed by atoms with Crippen molar-refractivity contribution in [3.63, 3.8) is 0 Å². The third-order valence-corrected chi connectivity index (χ3v) is 2.74. The molecule has 20 heavy (non-hydrogen) atoms. The predicted octanol–water partition coefficient (Wildman–Crippen LogP) is 2.43. The summed E-state index contributed by atoms with van der Waals surface area (Å²) in [4.78, 5) is 16.6. The molecule has 0 bridgehead atoms. The molecule has 1 heterocycles. The fraction of sp³-hybridized carbons (Fsp3) is 0.455. The van der Waals surface area contributed by atoms with Crippen LogP contribution in [0.15, 0.2) is 12.1 Å². The van der Waals surface area contributed by atoms with E-state index in [1.165, 1.54) is 26.0 Å².